The van der Waals surface area contributed by atoms with Gasteiger partial charge in [0.15, 0.2) is 0 Å². The third kappa shape index (κ3) is 5.49. The summed E-state index contributed by atoms with van der Waals surface area (Å²) in [7, 11) is 1.26. The highest BCUT2D eigenvalue weighted by atomic mass is 32.1. The summed E-state index contributed by atoms with van der Waals surface area (Å²) in [6, 6.07) is 8.95. The number of carbonyl (C=O) groups excluding carboxylic acids is 3. The zero-order valence-corrected chi connectivity index (χ0v) is 17.5. The van der Waals surface area contributed by atoms with E-state index < -0.39 is 5.97 Å². The van der Waals surface area contributed by atoms with Gasteiger partial charge in [0.1, 0.15) is 16.4 Å². The van der Waals surface area contributed by atoms with Crippen molar-refractivity contribution >= 4 is 46.1 Å². The van der Waals surface area contributed by atoms with Gasteiger partial charge in [0.05, 0.1) is 19.2 Å². The molecule has 0 aliphatic rings. The van der Waals surface area contributed by atoms with Crippen LogP contribution >= 0.6 is 22.7 Å². The minimum absolute atomic E-state index is 0.128. The summed E-state index contributed by atoms with van der Waals surface area (Å²) >= 11 is 2.94. The molecule has 2 amide bonds. The van der Waals surface area contributed by atoms with Gasteiger partial charge in [-0.05, 0) is 36.1 Å². The van der Waals surface area contributed by atoms with Crippen molar-refractivity contribution in [3.05, 3.63) is 57.2 Å². The van der Waals surface area contributed by atoms with Crippen LogP contribution in [0.4, 0.5) is 5.69 Å². The van der Waals surface area contributed by atoms with Gasteiger partial charge in [0.2, 0.25) is 5.91 Å². The van der Waals surface area contributed by atoms with Gasteiger partial charge in [-0.1, -0.05) is 12.1 Å². The summed E-state index contributed by atoms with van der Waals surface area (Å²) in [6.45, 7) is 1.66. The average molecular weight is 430 g/mol. The number of thiophene rings is 1. The highest BCUT2D eigenvalue weighted by Gasteiger charge is 2.16. The molecule has 0 fully saturated rings. The van der Waals surface area contributed by atoms with Crippen molar-refractivity contribution in [2.75, 3.05) is 19.0 Å². The highest BCUT2D eigenvalue weighted by Crippen LogP contribution is 2.29. The first-order chi connectivity index (χ1) is 14.0. The molecule has 0 saturated heterocycles. The largest absolute Gasteiger partial charge is 0.468 e. The smallest absolute Gasteiger partial charge is 0.325 e. The van der Waals surface area contributed by atoms with E-state index in [1.165, 1.54) is 18.4 Å². The number of methoxy groups -OCH3 is 1. The minimum Gasteiger partial charge on any atom is -0.468 e. The summed E-state index contributed by atoms with van der Waals surface area (Å²) in [5.74, 6) is -1.00. The minimum atomic E-state index is -0.503. The zero-order valence-electron chi connectivity index (χ0n) is 15.9. The van der Waals surface area contributed by atoms with E-state index in [4.69, 9.17) is 0 Å². The quantitative estimate of drug-likeness (QED) is 0.562. The maximum absolute atomic E-state index is 12.6. The molecule has 0 unspecified atom stereocenters. The number of hydrogen-bond acceptors (Lipinski definition) is 7. The third-order valence-electron chi connectivity index (χ3n) is 4.01. The lowest BCUT2D eigenvalue weighted by Gasteiger charge is -2.07. The number of nitrogens with zero attached hydrogens (tertiary/aromatic N) is 1. The second-order valence-corrected chi connectivity index (χ2v) is 7.91. The number of rotatable bonds is 7. The molecule has 2 aromatic heterocycles. The Morgan fingerprint density at radius 3 is 2.55 bits per heavy atom. The molecule has 2 heterocycles. The van der Waals surface area contributed by atoms with E-state index in [1.54, 1.807) is 35.6 Å². The number of aromatic nitrogens is 1. The van der Waals surface area contributed by atoms with E-state index in [0.717, 1.165) is 16.1 Å². The molecule has 0 atom stereocenters. The molecule has 150 valence electrons. The molecule has 7 nitrogen and oxygen atoms in total. The van der Waals surface area contributed by atoms with Gasteiger partial charge in [-0.15, -0.1) is 11.3 Å². The SMILES string of the molecule is COC(=O)CNC(=O)Cc1ccc(NC(=O)c2sc(-c3ccsc3)nc2C)cc1. The van der Waals surface area contributed by atoms with E-state index >= 15 is 0 Å². The molecule has 0 spiro atoms. The van der Waals surface area contributed by atoms with Crippen molar-refractivity contribution in [1.29, 1.82) is 0 Å². The lowest BCUT2D eigenvalue weighted by molar-refractivity contribution is -0.141. The van der Waals surface area contributed by atoms with Gasteiger partial charge in [0.25, 0.3) is 5.91 Å². The molecule has 1 aromatic carbocycles. The number of hydrogen-bond donors (Lipinski definition) is 2. The molecule has 2 N–H and O–H groups in total. The van der Waals surface area contributed by atoms with Crippen molar-refractivity contribution in [2.24, 2.45) is 0 Å². The summed E-state index contributed by atoms with van der Waals surface area (Å²) in [5, 5.41) is 10.1. The molecule has 9 heteroatoms. The number of amides is 2. The Labute approximate surface area is 175 Å². The van der Waals surface area contributed by atoms with Crippen molar-refractivity contribution in [1.82, 2.24) is 10.3 Å². The molecule has 29 heavy (non-hydrogen) atoms. The van der Waals surface area contributed by atoms with Gasteiger partial charge in [0, 0.05) is 16.6 Å². The van der Waals surface area contributed by atoms with Crippen LogP contribution in [0.2, 0.25) is 0 Å². The number of carbonyl (C=O) groups is 3. The first kappa shape index (κ1) is 20.7. The van der Waals surface area contributed by atoms with Crippen molar-refractivity contribution < 1.29 is 19.1 Å². The Bertz CT molecular complexity index is 1010. The lowest BCUT2D eigenvalue weighted by atomic mass is 10.1. The van der Waals surface area contributed by atoms with E-state index in [2.05, 4.69) is 20.4 Å². The fourth-order valence-electron chi connectivity index (χ4n) is 2.50. The average Bonchev–Trinajstić information content (AvgIpc) is 3.37. The van der Waals surface area contributed by atoms with Crippen LogP contribution in [-0.4, -0.2) is 36.4 Å². The molecule has 0 saturated carbocycles. The predicted octanol–water partition coefficient (Wildman–Crippen LogP) is 3.26. The summed E-state index contributed by atoms with van der Waals surface area (Å²) in [4.78, 5) is 40.5. The molecule has 3 aromatic rings. The maximum Gasteiger partial charge on any atom is 0.325 e. The first-order valence-corrected chi connectivity index (χ1v) is 10.5. The van der Waals surface area contributed by atoms with Crippen LogP contribution < -0.4 is 10.6 Å². The van der Waals surface area contributed by atoms with Crippen molar-refractivity contribution in [3.8, 4) is 10.6 Å². The summed E-state index contributed by atoms with van der Waals surface area (Å²) in [6.07, 6.45) is 0.128. The summed E-state index contributed by atoms with van der Waals surface area (Å²) < 4.78 is 4.47. The second-order valence-electron chi connectivity index (χ2n) is 6.13. The van der Waals surface area contributed by atoms with E-state index in [1.807, 2.05) is 23.8 Å². The molecule has 0 aliphatic carbocycles. The Hall–Kier alpha value is -3.04. The van der Waals surface area contributed by atoms with Gasteiger partial charge in [-0.2, -0.15) is 11.3 Å². The molecule has 0 radical (unpaired) electrons. The number of anilines is 1. The van der Waals surface area contributed by atoms with Gasteiger partial charge in [-0.25, -0.2) is 4.98 Å². The molecule has 0 aliphatic heterocycles. The van der Waals surface area contributed by atoms with E-state index in [-0.39, 0.29) is 24.8 Å². The number of nitrogens with one attached hydrogen (secondary N) is 2. The van der Waals surface area contributed by atoms with Crippen LogP contribution in [0.5, 0.6) is 0 Å². The Kier molecular flexibility index (Phi) is 6.73. The van der Waals surface area contributed by atoms with Crippen LogP contribution in [0, 0.1) is 6.92 Å². The number of esters is 1. The maximum atomic E-state index is 12.6. The topological polar surface area (TPSA) is 97.4 Å². The normalized spacial score (nSPS) is 10.4. The fraction of sp³-hybridized carbons (Fsp3) is 0.200. The monoisotopic (exact) mass is 429 g/mol. The van der Waals surface area contributed by atoms with Crippen LogP contribution in [0.25, 0.3) is 10.6 Å². The highest BCUT2D eigenvalue weighted by molar-refractivity contribution is 7.17. The predicted molar refractivity (Wildman–Crippen MR) is 113 cm³/mol. The van der Waals surface area contributed by atoms with Gasteiger partial charge < -0.3 is 15.4 Å². The molecule has 3 rings (SSSR count). The standard InChI is InChI=1S/C20H19N3O4S2/c1-12-18(29-20(22-12)14-7-8-28-11-14)19(26)23-15-5-3-13(4-6-15)9-16(24)21-10-17(25)27-2/h3-8,11H,9-10H2,1-2H3,(H,21,24)(H,23,26). The third-order valence-corrected chi connectivity index (χ3v) is 5.89. The molecular weight excluding hydrogens is 410 g/mol. The zero-order chi connectivity index (χ0) is 20.8. The molecular formula is C20H19N3O4S2. The second kappa shape index (κ2) is 9.44. The Balaban J connectivity index is 1.59. The lowest BCUT2D eigenvalue weighted by Crippen LogP contribution is -2.31. The van der Waals surface area contributed by atoms with Crippen LogP contribution in [0.15, 0.2) is 41.1 Å². The van der Waals surface area contributed by atoms with Gasteiger partial charge >= 0.3 is 5.97 Å². The van der Waals surface area contributed by atoms with Crippen LogP contribution in [0.1, 0.15) is 20.9 Å². The van der Waals surface area contributed by atoms with Crippen LogP contribution in [0.3, 0.4) is 0 Å². The first-order valence-electron chi connectivity index (χ1n) is 8.70. The van der Waals surface area contributed by atoms with E-state index in [0.29, 0.717) is 16.3 Å². The van der Waals surface area contributed by atoms with Crippen LogP contribution in [-0.2, 0) is 20.7 Å². The Morgan fingerprint density at radius 1 is 1.14 bits per heavy atom. The van der Waals surface area contributed by atoms with Crippen molar-refractivity contribution in [3.63, 3.8) is 0 Å². The fourth-order valence-corrected chi connectivity index (χ4v) is 4.17. The Morgan fingerprint density at radius 2 is 1.90 bits per heavy atom. The van der Waals surface area contributed by atoms with Crippen molar-refractivity contribution in [2.45, 2.75) is 13.3 Å². The molecule has 0 bridgehead atoms. The number of ether oxygens (including phenoxy) is 1. The number of thiazole rings is 1. The van der Waals surface area contributed by atoms with Gasteiger partial charge in [-0.3, -0.25) is 14.4 Å². The summed E-state index contributed by atoms with van der Waals surface area (Å²) in [5.41, 5.74) is 3.09. The van der Waals surface area contributed by atoms with E-state index in [9.17, 15) is 14.4 Å². The number of aryl methyl sites for hydroxylation is 1. The number of benzene rings is 1.